The number of hydrogen-bond donors (Lipinski definition) is 1. The molecule has 2 nitrogen and oxygen atoms in total. The predicted molar refractivity (Wildman–Crippen MR) is 82.3 cm³/mol. The van der Waals surface area contributed by atoms with Crippen LogP contribution in [0.2, 0.25) is 0 Å². The summed E-state index contributed by atoms with van der Waals surface area (Å²) in [6.07, 6.45) is 5.36. The molecule has 1 aromatic carbocycles. The molecule has 0 aliphatic carbocycles. The summed E-state index contributed by atoms with van der Waals surface area (Å²) in [5.74, 6) is 0. The Labute approximate surface area is 119 Å². The van der Waals surface area contributed by atoms with Gasteiger partial charge in [-0.05, 0) is 57.5 Å². The molecule has 1 unspecified atom stereocenters. The molecule has 1 aliphatic heterocycles. The van der Waals surface area contributed by atoms with E-state index in [1.807, 2.05) is 0 Å². The molecule has 3 heteroatoms. The van der Waals surface area contributed by atoms with Gasteiger partial charge >= 0.3 is 0 Å². The van der Waals surface area contributed by atoms with Crippen molar-refractivity contribution in [2.45, 2.75) is 38.6 Å². The van der Waals surface area contributed by atoms with Gasteiger partial charge in [0.1, 0.15) is 0 Å². The largest absolute Gasteiger partial charge is 0.385 e. The Morgan fingerprint density at radius 3 is 3.00 bits per heavy atom. The van der Waals surface area contributed by atoms with Crippen molar-refractivity contribution in [1.29, 1.82) is 0 Å². The van der Waals surface area contributed by atoms with Gasteiger partial charge < -0.3 is 10.2 Å². The molecule has 1 saturated heterocycles. The summed E-state index contributed by atoms with van der Waals surface area (Å²) in [6.45, 7) is 4.48. The maximum Gasteiger partial charge on any atom is 0.0381 e. The lowest BCUT2D eigenvalue weighted by Gasteiger charge is -2.32. The third-order valence-corrected chi connectivity index (χ3v) is 4.41. The lowest BCUT2D eigenvalue weighted by Crippen LogP contribution is -2.37. The highest BCUT2D eigenvalue weighted by atomic mass is 79.9. The summed E-state index contributed by atoms with van der Waals surface area (Å²) < 4.78 is 1.14. The van der Waals surface area contributed by atoms with E-state index in [-0.39, 0.29) is 0 Å². The molecular formula is C15H23BrN2. The molecule has 1 aromatic rings. The minimum absolute atomic E-state index is 0.763. The van der Waals surface area contributed by atoms with Gasteiger partial charge in [-0.2, -0.15) is 0 Å². The maximum atomic E-state index is 3.56. The van der Waals surface area contributed by atoms with E-state index in [0.29, 0.717) is 0 Å². The van der Waals surface area contributed by atoms with Crippen molar-refractivity contribution in [3.05, 3.63) is 28.2 Å². The van der Waals surface area contributed by atoms with Crippen LogP contribution in [0, 0.1) is 6.92 Å². The van der Waals surface area contributed by atoms with Crippen LogP contribution in [0.3, 0.4) is 0 Å². The highest BCUT2D eigenvalue weighted by molar-refractivity contribution is 9.10. The number of piperidine rings is 1. The molecule has 0 amide bonds. The summed E-state index contributed by atoms with van der Waals surface area (Å²) >= 11 is 3.53. The fourth-order valence-corrected chi connectivity index (χ4v) is 3.03. The van der Waals surface area contributed by atoms with Crippen molar-refractivity contribution in [1.82, 2.24) is 4.90 Å². The number of hydrogen-bond acceptors (Lipinski definition) is 2. The smallest absolute Gasteiger partial charge is 0.0381 e. The number of rotatable bonds is 4. The zero-order chi connectivity index (χ0) is 13.0. The molecule has 100 valence electrons. The van der Waals surface area contributed by atoms with Crippen molar-refractivity contribution >= 4 is 21.6 Å². The minimum atomic E-state index is 0.763. The number of anilines is 1. The Balaban J connectivity index is 1.82. The Morgan fingerprint density at radius 2 is 2.22 bits per heavy atom. The van der Waals surface area contributed by atoms with Crippen LogP contribution in [-0.4, -0.2) is 31.1 Å². The number of nitrogens with zero attached hydrogens (tertiary/aromatic N) is 1. The van der Waals surface area contributed by atoms with Gasteiger partial charge in [0, 0.05) is 22.7 Å². The molecule has 1 aliphatic rings. The molecule has 1 heterocycles. The highest BCUT2D eigenvalue weighted by Gasteiger charge is 2.17. The third kappa shape index (κ3) is 3.72. The van der Waals surface area contributed by atoms with E-state index in [1.54, 1.807) is 0 Å². The summed E-state index contributed by atoms with van der Waals surface area (Å²) in [5, 5.41) is 3.56. The van der Waals surface area contributed by atoms with Crippen molar-refractivity contribution in [2.24, 2.45) is 0 Å². The van der Waals surface area contributed by atoms with Gasteiger partial charge in [-0.15, -0.1) is 0 Å². The minimum Gasteiger partial charge on any atom is -0.385 e. The van der Waals surface area contributed by atoms with Gasteiger partial charge in [0.15, 0.2) is 0 Å². The average molecular weight is 311 g/mol. The summed E-state index contributed by atoms with van der Waals surface area (Å²) in [4.78, 5) is 2.51. The first-order valence-corrected chi connectivity index (χ1v) is 7.66. The quantitative estimate of drug-likeness (QED) is 0.902. The SMILES string of the molecule is Cc1ccc(Br)cc1NCCC1CCCCN1C. The van der Waals surface area contributed by atoms with E-state index < -0.39 is 0 Å². The normalized spacial score (nSPS) is 20.9. The fourth-order valence-electron chi connectivity index (χ4n) is 2.67. The van der Waals surface area contributed by atoms with Gasteiger partial charge in [0.25, 0.3) is 0 Å². The topological polar surface area (TPSA) is 15.3 Å². The van der Waals surface area contributed by atoms with E-state index in [9.17, 15) is 0 Å². The molecule has 0 bridgehead atoms. The van der Waals surface area contributed by atoms with Crippen LogP contribution in [0.5, 0.6) is 0 Å². The second-order valence-electron chi connectivity index (χ2n) is 5.30. The van der Waals surface area contributed by atoms with E-state index in [4.69, 9.17) is 0 Å². The van der Waals surface area contributed by atoms with Crippen LogP contribution < -0.4 is 5.32 Å². The molecule has 1 atom stereocenters. The van der Waals surface area contributed by atoms with E-state index >= 15 is 0 Å². The molecular weight excluding hydrogens is 288 g/mol. The highest BCUT2D eigenvalue weighted by Crippen LogP contribution is 2.22. The molecule has 18 heavy (non-hydrogen) atoms. The lowest BCUT2D eigenvalue weighted by atomic mass is 10.00. The molecule has 0 aromatic heterocycles. The molecule has 1 fully saturated rings. The van der Waals surface area contributed by atoms with Crippen LogP contribution in [0.4, 0.5) is 5.69 Å². The van der Waals surface area contributed by atoms with Crippen LogP contribution in [0.15, 0.2) is 22.7 Å². The van der Waals surface area contributed by atoms with Crippen molar-refractivity contribution in [2.75, 3.05) is 25.5 Å². The number of halogens is 1. The number of benzene rings is 1. The van der Waals surface area contributed by atoms with Gasteiger partial charge in [-0.3, -0.25) is 0 Å². The molecule has 0 saturated carbocycles. The molecule has 0 spiro atoms. The van der Waals surface area contributed by atoms with Gasteiger partial charge in [-0.1, -0.05) is 28.4 Å². The lowest BCUT2D eigenvalue weighted by molar-refractivity contribution is 0.179. The van der Waals surface area contributed by atoms with E-state index in [2.05, 4.69) is 58.3 Å². The Morgan fingerprint density at radius 1 is 1.39 bits per heavy atom. The van der Waals surface area contributed by atoms with Crippen molar-refractivity contribution in [3.63, 3.8) is 0 Å². The number of nitrogens with one attached hydrogen (secondary N) is 1. The third-order valence-electron chi connectivity index (χ3n) is 3.91. The second kappa shape index (κ2) is 6.58. The second-order valence-corrected chi connectivity index (χ2v) is 6.22. The zero-order valence-corrected chi connectivity index (χ0v) is 13.0. The van der Waals surface area contributed by atoms with Crippen LogP contribution in [0.25, 0.3) is 0 Å². The Bertz CT molecular complexity index is 392. The van der Waals surface area contributed by atoms with Crippen LogP contribution in [-0.2, 0) is 0 Å². The summed E-state index contributed by atoms with van der Waals surface area (Å²) in [7, 11) is 2.26. The van der Waals surface area contributed by atoms with Crippen LogP contribution >= 0.6 is 15.9 Å². The van der Waals surface area contributed by atoms with Crippen molar-refractivity contribution < 1.29 is 0 Å². The van der Waals surface area contributed by atoms with Gasteiger partial charge in [-0.25, -0.2) is 0 Å². The molecule has 0 radical (unpaired) electrons. The first kappa shape index (κ1) is 13.9. The Kier molecular flexibility index (Phi) is 5.07. The number of aryl methyl sites for hydroxylation is 1. The van der Waals surface area contributed by atoms with Gasteiger partial charge in [0.2, 0.25) is 0 Å². The molecule has 2 rings (SSSR count). The fraction of sp³-hybridized carbons (Fsp3) is 0.600. The first-order chi connectivity index (χ1) is 8.66. The van der Waals surface area contributed by atoms with Crippen molar-refractivity contribution in [3.8, 4) is 0 Å². The molecule has 1 N–H and O–H groups in total. The Hall–Kier alpha value is -0.540. The monoisotopic (exact) mass is 310 g/mol. The van der Waals surface area contributed by atoms with E-state index in [1.165, 1.54) is 43.5 Å². The van der Waals surface area contributed by atoms with Crippen LogP contribution in [0.1, 0.15) is 31.2 Å². The van der Waals surface area contributed by atoms with E-state index in [0.717, 1.165) is 17.1 Å². The predicted octanol–water partition coefficient (Wildman–Crippen LogP) is 4.04. The first-order valence-electron chi connectivity index (χ1n) is 6.87. The standard InChI is InChI=1S/C15H23BrN2/c1-12-6-7-13(16)11-15(12)17-9-8-14-5-3-4-10-18(14)2/h6-7,11,14,17H,3-5,8-10H2,1-2H3. The summed E-state index contributed by atoms with van der Waals surface area (Å²) in [6, 6.07) is 7.17. The maximum absolute atomic E-state index is 3.56. The summed E-state index contributed by atoms with van der Waals surface area (Å²) in [5.41, 5.74) is 2.57. The average Bonchev–Trinajstić information content (AvgIpc) is 2.36. The van der Waals surface area contributed by atoms with Gasteiger partial charge in [0.05, 0.1) is 0 Å². The zero-order valence-electron chi connectivity index (χ0n) is 11.4. The number of likely N-dealkylation sites (tertiary alicyclic amines) is 1.